The zero-order valence-electron chi connectivity index (χ0n) is 14.1. The van der Waals surface area contributed by atoms with Gasteiger partial charge in [-0.25, -0.2) is 9.18 Å². The number of nitrogens with one attached hydrogen (secondary N) is 1. The van der Waals surface area contributed by atoms with E-state index in [0.717, 1.165) is 0 Å². The standard InChI is InChI=1S/C18H20ClFN2O3/c1-10-13(9-21)16(12-6-5-11(20)8-14(12)19)17(18(24)25-2)15(22-10)4-3-7-23/h5-6,14,16,22-23H,3-4,7-8H2,1-2H3. The van der Waals surface area contributed by atoms with Gasteiger partial charge in [0.2, 0.25) is 0 Å². The Morgan fingerprint density at radius 1 is 1.56 bits per heavy atom. The number of alkyl halides is 1. The number of aliphatic hydroxyl groups excluding tert-OH is 1. The fraction of sp³-hybridized carbons (Fsp3) is 0.444. The summed E-state index contributed by atoms with van der Waals surface area (Å²) in [7, 11) is 1.26. The Balaban J connectivity index is 2.62. The summed E-state index contributed by atoms with van der Waals surface area (Å²) in [5.41, 5.74) is 2.41. The van der Waals surface area contributed by atoms with Crippen molar-refractivity contribution in [2.45, 2.75) is 31.6 Å². The third-order valence-electron chi connectivity index (χ3n) is 4.28. The molecule has 0 saturated heterocycles. The van der Waals surface area contributed by atoms with Crippen LogP contribution in [0.5, 0.6) is 0 Å². The van der Waals surface area contributed by atoms with Gasteiger partial charge in [0.1, 0.15) is 5.83 Å². The molecule has 0 saturated carbocycles. The van der Waals surface area contributed by atoms with Crippen LogP contribution in [0.25, 0.3) is 0 Å². The Hall–Kier alpha value is -2.10. The van der Waals surface area contributed by atoms with Crippen molar-refractivity contribution in [3.63, 3.8) is 0 Å². The van der Waals surface area contributed by atoms with Crippen LogP contribution in [0, 0.1) is 17.2 Å². The summed E-state index contributed by atoms with van der Waals surface area (Å²) in [5.74, 6) is -1.62. The van der Waals surface area contributed by atoms with Crippen LogP contribution < -0.4 is 5.32 Å². The van der Waals surface area contributed by atoms with E-state index in [-0.39, 0.29) is 24.4 Å². The number of methoxy groups -OCH3 is 1. The van der Waals surface area contributed by atoms with E-state index in [1.54, 1.807) is 6.92 Å². The van der Waals surface area contributed by atoms with Crippen LogP contribution in [0.2, 0.25) is 0 Å². The molecule has 0 bridgehead atoms. The maximum absolute atomic E-state index is 13.5. The van der Waals surface area contributed by atoms with E-state index in [1.807, 2.05) is 0 Å². The topological polar surface area (TPSA) is 82.3 Å². The molecule has 5 nitrogen and oxygen atoms in total. The number of esters is 1. The van der Waals surface area contributed by atoms with E-state index in [2.05, 4.69) is 11.4 Å². The lowest BCUT2D eigenvalue weighted by atomic mass is 9.77. The van der Waals surface area contributed by atoms with Crippen molar-refractivity contribution in [1.82, 2.24) is 5.32 Å². The number of carbonyl (C=O) groups excluding carboxylic acids is 1. The predicted molar refractivity (Wildman–Crippen MR) is 91.8 cm³/mol. The number of hydrogen-bond acceptors (Lipinski definition) is 5. The number of nitrogens with zero attached hydrogens (tertiary/aromatic N) is 1. The molecule has 25 heavy (non-hydrogen) atoms. The number of aliphatic hydroxyl groups is 1. The highest BCUT2D eigenvalue weighted by atomic mass is 35.5. The maximum Gasteiger partial charge on any atom is 0.336 e. The number of ether oxygens (including phenoxy) is 1. The highest BCUT2D eigenvalue weighted by molar-refractivity contribution is 6.23. The Morgan fingerprint density at radius 3 is 2.84 bits per heavy atom. The van der Waals surface area contributed by atoms with Gasteiger partial charge in [0.15, 0.2) is 0 Å². The van der Waals surface area contributed by atoms with Gasteiger partial charge < -0.3 is 15.2 Å². The first-order chi connectivity index (χ1) is 11.9. The van der Waals surface area contributed by atoms with E-state index in [1.165, 1.54) is 19.3 Å². The van der Waals surface area contributed by atoms with Crippen molar-refractivity contribution >= 4 is 17.6 Å². The van der Waals surface area contributed by atoms with Crippen molar-refractivity contribution in [2.75, 3.05) is 13.7 Å². The van der Waals surface area contributed by atoms with E-state index < -0.39 is 17.3 Å². The normalized spacial score (nSPS) is 23.5. The molecule has 2 atom stereocenters. The Bertz CT molecular complexity index is 731. The molecule has 0 aromatic rings. The highest BCUT2D eigenvalue weighted by Crippen LogP contribution is 2.41. The molecule has 134 valence electrons. The van der Waals surface area contributed by atoms with Gasteiger partial charge in [-0.2, -0.15) is 5.26 Å². The number of allylic oxidation sites excluding steroid dienone is 7. The smallest absolute Gasteiger partial charge is 0.336 e. The predicted octanol–water partition coefficient (Wildman–Crippen LogP) is 2.99. The zero-order chi connectivity index (χ0) is 18.6. The molecule has 2 aliphatic rings. The molecule has 1 aliphatic heterocycles. The van der Waals surface area contributed by atoms with Crippen LogP contribution in [-0.2, 0) is 9.53 Å². The van der Waals surface area contributed by atoms with Gasteiger partial charge in [0, 0.05) is 24.4 Å². The molecule has 1 heterocycles. The SMILES string of the molecule is COC(=O)C1=C(CCCO)NC(C)=C(C#N)C1C1=CC=C(F)CC1Cl. The third kappa shape index (κ3) is 3.94. The number of nitriles is 1. The van der Waals surface area contributed by atoms with Crippen LogP contribution in [0.3, 0.4) is 0 Å². The summed E-state index contributed by atoms with van der Waals surface area (Å²) in [6, 6.07) is 2.13. The quantitative estimate of drug-likeness (QED) is 0.577. The van der Waals surface area contributed by atoms with Gasteiger partial charge in [0.05, 0.1) is 35.6 Å². The second-order valence-electron chi connectivity index (χ2n) is 5.87. The minimum atomic E-state index is -0.695. The Morgan fingerprint density at radius 2 is 2.28 bits per heavy atom. The Labute approximate surface area is 151 Å². The summed E-state index contributed by atoms with van der Waals surface area (Å²) < 4.78 is 18.4. The number of carbonyl (C=O) groups is 1. The second-order valence-corrected chi connectivity index (χ2v) is 6.40. The summed E-state index contributed by atoms with van der Waals surface area (Å²) in [6.45, 7) is 1.70. The molecular weight excluding hydrogens is 347 g/mol. The van der Waals surface area contributed by atoms with Crippen LogP contribution in [0.15, 0.2) is 46.1 Å². The number of hydrogen-bond donors (Lipinski definition) is 2. The van der Waals surface area contributed by atoms with Gasteiger partial charge in [-0.1, -0.05) is 6.08 Å². The number of rotatable bonds is 5. The lowest BCUT2D eigenvalue weighted by Gasteiger charge is -2.33. The largest absolute Gasteiger partial charge is 0.466 e. The molecule has 0 spiro atoms. The first kappa shape index (κ1) is 19.2. The summed E-state index contributed by atoms with van der Waals surface area (Å²) in [5, 5.41) is 21.1. The molecular formula is C18H20ClFN2O3. The Kier molecular flexibility index (Phi) is 6.40. The minimum absolute atomic E-state index is 0.00942. The van der Waals surface area contributed by atoms with Crippen molar-refractivity contribution in [1.29, 1.82) is 5.26 Å². The van der Waals surface area contributed by atoms with Crippen molar-refractivity contribution in [2.24, 2.45) is 5.92 Å². The summed E-state index contributed by atoms with van der Waals surface area (Å²) in [6.07, 6.45) is 3.71. The van der Waals surface area contributed by atoms with Gasteiger partial charge in [0.25, 0.3) is 0 Å². The first-order valence-corrected chi connectivity index (χ1v) is 8.38. The summed E-state index contributed by atoms with van der Waals surface area (Å²) in [4.78, 5) is 12.5. The van der Waals surface area contributed by atoms with Crippen molar-refractivity contribution in [3.05, 3.63) is 46.1 Å². The van der Waals surface area contributed by atoms with Crippen LogP contribution in [-0.4, -0.2) is 30.2 Å². The van der Waals surface area contributed by atoms with E-state index >= 15 is 0 Å². The molecule has 1 aliphatic carbocycles. The number of halogens is 2. The highest BCUT2D eigenvalue weighted by Gasteiger charge is 2.38. The van der Waals surface area contributed by atoms with Gasteiger partial charge in [-0.05, 0) is 31.4 Å². The van der Waals surface area contributed by atoms with Crippen LogP contribution >= 0.6 is 11.6 Å². The van der Waals surface area contributed by atoms with Crippen molar-refractivity contribution < 1.29 is 19.0 Å². The molecule has 2 rings (SSSR count). The molecule has 0 fully saturated rings. The lowest BCUT2D eigenvalue weighted by molar-refractivity contribution is -0.136. The van der Waals surface area contributed by atoms with Gasteiger partial charge in [-0.3, -0.25) is 0 Å². The van der Waals surface area contributed by atoms with Gasteiger partial charge >= 0.3 is 5.97 Å². The fourth-order valence-corrected chi connectivity index (χ4v) is 3.45. The lowest BCUT2D eigenvalue weighted by Crippen LogP contribution is -2.33. The maximum atomic E-state index is 13.5. The average molecular weight is 367 g/mol. The van der Waals surface area contributed by atoms with Crippen LogP contribution in [0.1, 0.15) is 26.2 Å². The molecule has 7 heteroatoms. The van der Waals surface area contributed by atoms with E-state index in [9.17, 15) is 14.4 Å². The molecule has 2 N–H and O–H groups in total. The molecule has 2 unspecified atom stereocenters. The van der Waals surface area contributed by atoms with Crippen LogP contribution in [0.4, 0.5) is 4.39 Å². The second kappa shape index (κ2) is 8.32. The molecule has 0 aromatic carbocycles. The van der Waals surface area contributed by atoms with Crippen molar-refractivity contribution in [3.8, 4) is 6.07 Å². The zero-order valence-corrected chi connectivity index (χ0v) is 14.9. The molecule has 0 aromatic heterocycles. The fourth-order valence-electron chi connectivity index (χ4n) is 3.11. The monoisotopic (exact) mass is 366 g/mol. The minimum Gasteiger partial charge on any atom is -0.466 e. The molecule has 0 amide bonds. The molecule has 0 radical (unpaired) electrons. The van der Waals surface area contributed by atoms with Gasteiger partial charge in [-0.15, -0.1) is 11.6 Å². The third-order valence-corrected chi connectivity index (χ3v) is 4.69. The average Bonchev–Trinajstić information content (AvgIpc) is 2.58. The van der Waals surface area contributed by atoms with E-state index in [4.69, 9.17) is 21.4 Å². The first-order valence-electron chi connectivity index (χ1n) is 7.94. The van der Waals surface area contributed by atoms with E-state index in [0.29, 0.717) is 35.4 Å². The summed E-state index contributed by atoms with van der Waals surface area (Å²) >= 11 is 6.33. The number of dihydropyridines is 1.